The van der Waals surface area contributed by atoms with Crippen LogP contribution in [0, 0.1) is 0 Å². The van der Waals surface area contributed by atoms with Crippen molar-refractivity contribution in [1.82, 2.24) is 0 Å². The zero-order chi connectivity index (χ0) is 8.81. The van der Waals surface area contributed by atoms with Crippen LogP contribution in [0.25, 0.3) is 0 Å². The Morgan fingerprint density at radius 3 is 3.08 bits per heavy atom. The van der Waals surface area contributed by atoms with E-state index in [1.165, 1.54) is 12.5 Å². The SMILES string of the molecule is C=CC(=O)OC[SiH]1CCCCO1. The van der Waals surface area contributed by atoms with Crippen LogP contribution in [0.3, 0.4) is 0 Å². The predicted octanol–water partition coefficient (Wildman–Crippen LogP) is 0.789. The minimum atomic E-state index is -1.19. The van der Waals surface area contributed by atoms with Crippen LogP contribution in [0.4, 0.5) is 0 Å². The van der Waals surface area contributed by atoms with Gasteiger partial charge in [0.1, 0.15) is 6.23 Å². The minimum Gasteiger partial charge on any atom is -0.464 e. The van der Waals surface area contributed by atoms with E-state index in [1.807, 2.05) is 0 Å². The van der Waals surface area contributed by atoms with Crippen LogP contribution in [-0.4, -0.2) is 27.8 Å². The Balaban J connectivity index is 2.12. The van der Waals surface area contributed by atoms with Crippen LogP contribution in [-0.2, 0) is 14.0 Å². The van der Waals surface area contributed by atoms with Crippen molar-refractivity contribution < 1.29 is 14.0 Å². The van der Waals surface area contributed by atoms with Crippen molar-refractivity contribution in [3.8, 4) is 0 Å². The first-order valence-electron chi connectivity index (χ1n) is 4.23. The van der Waals surface area contributed by atoms with Gasteiger partial charge in [0.05, 0.1) is 0 Å². The van der Waals surface area contributed by atoms with Gasteiger partial charge in [0.25, 0.3) is 0 Å². The Morgan fingerprint density at radius 1 is 1.67 bits per heavy atom. The summed E-state index contributed by atoms with van der Waals surface area (Å²) >= 11 is 0. The number of esters is 1. The third-order valence-electron chi connectivity index (χ3n) is 1.85. The Kier molecular flexibility index (Phi) is 4.03. The van der Waals surface area contributed by atoms with Gasteiger partial charge in [-0.2, -0.15) is 0 Å². The summed E-state index contributed by atoms with van der Waals surface area (Å²) in [6.45, 7) is 4.17. The van der Waals surface area contributed by atoms with Gasteiger partial charge in [-0.1, -0.05) is 13.0 Å². The number of rotatable bonds is 3. The molecule has 0 aromatic heterocycles. The Hall–Kier alpha value is -0.613. The first-order valence-corrected chi connectivity index (χ1v) is 6.34. The average molecular weight is 186 g/mol. The smallest absolute Gasteiger partial charge is 0.329 e. The van der Waals surface area contributed by atoms with Crippen molar-refractivity contribution in [2.75, 3.05) is 12.8 Å². The molecule has 0 N–H and O–H groups in total. The van der Waals surface area contributed by atoms with Crippen molar-refractivity contribution in [2.45, 2.75) is 18.9 Å². The number of hydrogen-bond donors (Lipinski definition) is 0. The highest BCUT2D eigenvalue weighted by molar-refractivity contribution is 6.52. The number of hydrogen-bond acceptors (Lipinski definition) is 3. The van der Waals surface area contributed by atoms with Gasteiger partial charge in [0, 0.05) is 12.7 Å². The van der Waals surface area contributed by atoms with E-state index < -0.39 is 9.04 Å². The zero-order valence-electron chi connectivity index (χ0n) is 7.12. The summed E-state index contributed by atoms with van der Waals surface area (Å²) in [5, 5.41) is 0. The fraction of sp³-hybridized carbons (Fsp3) is 0.625. The van der Waals surface area contributed by atoms with Crippen LogP contribution >= 0.6 is 0 Å². The van der Waals surface area contributed by atoms with E-state index in [-0.39, 0.29) is 5.97 Å². The monoisotopic (exact) mass is 186 g/mol. The maximum atomic E-state index is 10.7. The first kappa shape index (κ1) is 9.47. The summed E-state index contributed by atoms with van der Waals surface area (Å²) in [5.74, 6) is -0.336. The summed E-state index contributed by atoms with van der Waals surface area (Å²) in [7, 11) is -1.19. The zero-order valence-corrected chi connectivity index (χ0v) is 8.28. The van der Waals surface area contributed by atoms with Gasteiger partial charge in [-0.15, -0.1) is 0 Å². The van der Waals surface area contributed by atoms with Gasteiger partial charge < -0.3 is 9.16 Å². The molecule has 1 aliphatic rings. The Morgan fingerprint density at radius 2 is 2.50 bits per heavy atom. The lowest BCUT2D eigenvalue weighted by molar-refractivity contribution is -0.136. The second-order valence-corrected chi connectivity index (χ2v) is 5.31. The molecule has 0 amide bonds. The van der Waals surface area contributed by atoms with Crippen molar-refractivity contribution in [3.05, 3.63) is 12.7 Å². The molecule has 1 fully saturated rings. The Bertz CT molecular complexity index is 164. The van der Waals surface area contributed by atoms with Crippen molar-refractivity contribution in [2.24, 2.45) is 0 Å². The van der Waals surface area contributed by atoms with Crippen LogP contribution in [0.15, 0.2) is 12.7 Å². The summed E-state index contributed by atoms with van der Waals surface area (Å²) < 4.78 is 10.4. The summed E-state index contributed by atoms with van der Waals surface area (Å²) in [6, 6.07) is 1.13. The molecular formula is C8H14O3Si. The number of carbonyl (C=O) groups excluding carboxylic acids is 1. The van der Waals surface area contributed by atoms with E-state index in [1.54, 1.807) is 0 Å². The minimum absolute atomic E-state index is 0.336. The molecule has 3 nitrogen and oxygen atoms in total. The van der Waals surface area contributed by atoms with E-state index >= 15 is 0 Å². The van der Waals surface area contributed by atoms with Gasteiger partial charge in [0.15, 0.2) is 0 Å². The lowest BCUT2D eigenvalue weighted by atomic mass is 10.4. The molecule has 0 bridgehead atoms. The van der Waals surface area contributed by atoms with Gasteiger partial charge in [-0.3, -0.25) is 0 Å². The normalized spacial score (nSPS) is 23.2. The second kappa shape index (κ2) is 5.11. The molecule has 0 aromatic rings. The van der Waals surface area contributed by atoms with Crippen LogP contribution in [0.2, 0.25) is 6.04 Å². The lowest BCUT2D eigenvalue weighted by Gasteiger charge is -2.20. The van der Waals surface area contributed by atoms with E-state index in [2.05, 4.69) is 6.58 Å². The molecule has 1 rings (SSSR count). The van der Waals surface area contributed by atoms with E-state index in [9.17, 15) is 4.79 Å². The lowest BCUT2D eigenvalue weighted by Crippen LogP contribution is -2.30. The van der Waals surface area contributed by atoms with E-state index in [0.29, 0.717) is 6.23 Å². The highest BCUT2D eigenvalue weighted by Crippen LogP contribution is 2.10. The Labute approximate surface area is 74.1 Å². The van der Waals surface area contributed by atoms with Crippen molar-refractivity contribution >= 4 is 15.0 Å². The van der Waals surface area contributed by atoms with E-state index in [0.717, 1.165) is 19.1 Å². The molecule has 1 saturated heterocycles. The van der Waals surface area contributed by atoms with Crippen LogP contribution in [0.5, 0.6) is 0 Å². The van der Waals surface area contributed by atoms with Gasteiger partial charge in [-0.05, 0) is 12.5 Å². The van der Waals surface area contributed by atoms with Crippen LogP contribution < -0.4 is 0 Å². The highest BCUT2D eigenvalue weighted by Gasteiger charge is 2.17. The molecule has 4 heteroatoms. The maximum Gasteiger partial charge on any atom is 0.329 e. The molecule has 1 heterocycles. The van der Waals surface area contributed by atoms with E-state index in [4.69, 9.17) is 9.16 Å². The standard InChI is InChI=1S/C8H14O3Si/c1-2-8(9)10-7-12-6-4-3-5-11-12/h2,12H,1,3-7H2. The number of carbonyl (C=O) groups is 1. The molecule has 12 heavy (non-hydrogen) atoms. The molecule has 0 aromatic carbocycles. The highest BCUT2D eigenvalue weighted by atomic mass is 28.3. The quantitative estimate of drug-likeness (QED) is 0.371. The maximum absolute atomic E-state index is 10.7. The van der Waals surface area contributed by atoms with Crippen molar-refractivity contribution in [1.29, 1.82) is 0 Å². The molecule has 1 aliphatic heterocycles. The molecular weight excluding hydrogens is 172 g/mol. The molecule has 0 saturated carbocycles. The summed E-state index contributed by atoms with van der Waals surface area (Å²) in [6.07, 6.45) is 4.07. The average Bonchev–Trinajstić information content (AvgIpc) is 2.16. The van der Waals surface area contributed by atoms with Gasteiger partial charge >= 0.3 is 5.97 Å². The molecule has 0 spiro atoms. The van der Waals surface area contributed by atoms with Crippen LogP contribution in [0.1, 0.15) is 12.8 Å². The molecule has 0 aliphatic carbocycles. The largest absolute Gasteiger partial charge is 0.464 e. The van der Waals surface area contributed by atoms with Gasteiger partial charge in [0.2, 0.25) is 9.04 Å². The second-order valence-electron chi connectivity index (χ2n) is 2.82. The molecule has 1 unspecified atom stereocenters. The third kappa shape index (κ3) is 3.19. The predicted molar refractivity (Wildman–Crippen MR) is 48.3 cm³/mol. The molecule has 1 atom stereocenters. The third-order valence-corrected chi connectivity index (χ3v) is 4.15. The fourth-order valence-electron chi connectivity index (χ4n) is 1.17. The summed E-state index contributed by atoms with van der Waals surface area (Å²) in [5.41, 5.74) is 0. The topological polar surface area (TPSA) is 35.5 Å². The fourth-order valence-corrected chi connectivity index (χ4v) is 3.20. The van der Waals surface area contributed by atoms with Crippen molar-refractivity contribution in [3.63, 3.8) is 0 Å². The number of ether oxygens (including phenoxy) is 1. The van der Waals surface area contributed by atoms with Gasteiger partial charge in [-0.25, -0.2) is 4.79 Å². The summed E-state index contributed by atoms with van der Waals surface area (Å²) in [4.78, 5) is 10.7. The first-order chi connectivity index (χ1) is 5.83. The molecule has 0 radical (unpaired) electrons. The molecule has 68 valence electrons.